The molecule has 1 N–H and O–H groups in total. The smallest absolute Gasteiger partial charge is 0.382 e. The van der Waals surface area contributed by atoms with E-state index in [9.17, 15) is 17.6 Å². The Hall–Kier alpha value is -0.660. The van der Waals surface area contributed by atoms with Crippen LogP contribution in [0.5, 0.6) is 0 Å². The molecule has 1 rings (SSSR count). The van der Waals surface area contributed by atoms with Crippen molar-refractivity contribution in [2.24, 2.45) is 0 Å². The minimum absolute atomic E-state index is 0.187. The van der Waals surface area contributed by atoms with Crippen LogP contribution in [0.2, 0.25) is 0 Å². The number of hydrogen-bond donors (Lipinski definition) is 1. The van der Waals surface area contributed by atoms with Gasteiger partial charge in [-0.25, -0.2) is 4.39 Å². The first-order chi connectivity index (χ1) is 8.20. The summed E-state index contributed by atoms with van der Waals surface area (Å²) < 4.78 is 49.6. The predicted octanol–water partition coefficient (Wildman–Crippen LogP) is 2.94. The minimum atomic E-state index is -4.63. The molecule has 0 aliphatic carbocycles. The molecule has 102 valence electrons. The van der Waals surface area contributed by atoms with Crippen molar-refractivity contribution in [1.29, 1.82) is 0 Å². The molecule has 18 heavy (non-hydrogen) atoms. The number of aliphatic hydroxyl groups is 1. The second-order valence-electron chi connectivity index (χ2n) is 4.00. The van der Waals surface area contributed by atoms with Gasteiger partial charge < -0.3 is 5.11 Å². The first-order valence-corrected chi connectivity index (χ1v) is 5.86. The van der Waals surface area contributed by atoms with Crippen LogP contribution in [0.15, 0.2) is 22.7 Å². The van der Waals surface area contributed by atoms with E-state index in [1.807, 2.05) is 0 Å². The molecular weight excluding hydrogens is 318 g/mol. The Balaban J connectivity index is 2.59. The van der Waals surface area contributed by atoms with Gasteiger partial charge in [-0.1, -0.05) is 6.07 Å². The van der Waals surface area contributed by atoms with Crippen LogP contribution in [0.1, 0.15) is 5.56 Å². The predicted molar refractivity (Wildman–Crippen MR) is 62.5 cm³/mol. The first-order valence-electron chi connectivity index (χ1n) is 5.07. The fraction of sp³-hybridized carbons (Fsp3) is 0.455. The summed E-state index contributed by atoms with van der Waals surface area (Å²) in [6.07, 6.45) is -7.01. The average Bonchev–Trinajstić information content (AvgIpc) is 2.22. The normalized spacial score (nSPS) is 14.0. The van der Waals surface area contributed by atoms with Crippen molar-refractivity contribution < 1.29 is 22.7 Å². The highest BCUT2D eigenvalue weighted by Crippen LogP contribution is 2.21. The van der Waals surface area contributed by atoms with Crippen molar-refractivity contribution >= 4 is 15.9 Å². The molecule has 0 aliphatic rings. The second-order valence-corrected chi connectivity index (χ2v) is 4.86. The van der Waals surface area contributed by atoms with E-state index in [0.717, 1.165) is 0 Å². The van der Waals surface area contributed by atoms with E-state index in [1.165, 1.54) is 30.1 Å². The molecule has 0 aromatic heterocycles. The molecule has 1 aromatic carbocycles. The molecule has 1 aromatic rings. The van der Waals surface area contributed by atoms with Crippen molar-refractivity contribution in [3.63, 3.8) is 0 Å². The van der Waals surface area contributed by atoms with Crippen LogP contribution in [-0.4, -0.2) is 35.9 Å². The van der Waals surface area contributed by atoms with Crippen LogP contribution in [0.3, 0.4) is 0 Å². The number of halogens is 5. The second kappa shape index (κ2) is 5.99. The lowest BCUT2D eigenvalue weighted by atomic mass is 10.2. The van der Waals surface area contributed by atoms with Gasteiger partial charge in [0.1, 0.15) is 5.82 Å². The average molecular weight is 330 g/mol. The highest BCUT2D eigenvalue weighted by Gasteiger charge is 2.38. The summed E-state index contributed by atoms with van der Waals surface area (Å²) in [5.41, 5.74) is 0.653. The van der Waals surface area contributed by atoms with Gasteiger partial charge in [-0.05, 0) is 40.7 Å². The summed E-state index contributed by atoms with van der Waals surface area (Å²) in [5.74, 6) is -0.434. The number of hydrogen-bond acceptors (Lipinski definition) is 2. The Bertz CT molecular complexity index is 411. The van der Waals surface area contributed by atoms with E-state index in [0.29, 0.717) is 5.56 Å². The number of likely N-dealkylation sites (N-methyl/N-ethyl adjacent to an activating group) is 1. The number of rotatable bonds is 4. The van der Waals surface area contributed by atoms with Gasteiger partial charge in [0, 0.05) is 13.1 Å². The van der Waals surface area contributed by atoms with Crippen LogP contribution in [0, 0.1) is 5.82 Å². The minimum Gasteiger partial charge on any atom is -0.382 e. The van der Waals surface area contributed by atoms with E-state index in [4.69, 9.17) is 5.11 Å². The number of alkyl halides is 3. The SMILES string of the molecule is CN(Cc1ccc(F)c(Br)c1)CC(O)C(F)(F)F. The molecule has 0 spiro atoms. The van der Waals surface area contributed by atoms with E-state index in [1.54, 1.807) is 0 Å². The van der Waals surface area contributed by atoms with Gasteiger partial charge in [-0.3, -0.25) is 4.90 Å². The van der Waals surface area contributed by atoms with Crippen molar-refractivity contribution in [1.82, 2.24) is 4.90 Å². The molecule has 0 aliphatic heterocycles. The third-order valence-electron chi connectivity index (χ3n) is 2.30. The van der Waals surface area contributed by atoms with Gasteiger partial charge >= 0.3 is 6.18 Å². The highest BCUT2D eigenvalue weighted by atomic mass is 79.9. The molecule has 0 fully saturated rings. The summed E-state index contributed by atoms with van der Waals surface area (Å²) in [7, 11) is 1.45. The van der Waals surface area contributed by atoms with Crippen LogP contribution in [-0.2, 0) is 6.54 Å². The molecule has 2 nitrogen and oxygen atoms in total. The van der Waals surface area contributed by atoms with Crippen LogP contribution in [0.25, 0.3) is 0 Å². The molecule has 0 amide bonds. The van der Waals surface area contributed by atoms with Gasteiger partial charge in [-0.2, -0.15) is 13.2 Å². The Morgan fingerprint density at radius 3 is 2.50 bits per heavy atom. The van der Waals surface area contributed by atoms with Gasteiger partial charge in [0.05, 0.1) is 4.47 Å². The zero-order valence-corrected chi connectivity index (χ0v) is 11.1. The van der Waals surface area contributed by atoms with Gasteiger partial charge in [0.2, 0.25) is 0 Å². The summed E-state index contributed by atoms with van der Waals surface area (Å²) >= 11 is 3.00. The molecule has 0 saturated heterocycles. The zero-order valence-electron chi connectivity index (χ0n) is 9.51. The maximum atomic E-state index is 13.0. The van der Waals surface area contributed by atoms with E-state index < -0.39 is 24.6 Å². The topological polar surface area (TPSA) is 23.5 Å². The van der Waals surface area contributed by atoms with Crippen molar-refractivity contribution in [2.45, 2.75) is 18.8 Å². The zero-order chi connectivity index (χ0) is 13.9. The molecule has 0 heterocycles. The third-order valence-corrected chi connectivity index (χ3v) is 2.91. The van der Waals surface area contributed by atoms with Gasteiger partial charge in [-0.15, -0.1) is 0 Å². The fourth-order valence-electron chi connectivity index (χ4n) is 1.41. The molecule has 1 atom stereocenters. The van der Waals surface area contributed by atoms with Crippen molar-refractivity contribution in [3.05, 3.63) is 34.1 Å². The molecule has 0 bridgehead atoms. The maximum Gasteiger partial charge on any atom is 0.415 e. The van der Waals surface area contributed by atoms with E-state index in [-0.39, 0.29) is 11.0 Å². The summed E-state index contributed by atoms with van der Waals surface area (Å²) in [5, 5.41) is 8.90. The van der Waals surface area contributed by atoms with Gasteiger partial charge in [0.15, 0.2) is 6.10 Å². The van der Waals surface area contributed by atoms with Crippen LogP contribution < -0.4 is 0 Å². The Labute approximate surface area is 110 Å². The van der Waals surface area contributed by atoms with Crippen molar-refractivity contribution in [3.8, 4) is 0 Å². The van der Waals surface area contributed by atoms with Crippen LogP contribution >= 0.6 is 15.9 Å². The number of aliphatic hydroxyl groups excluding tert-OH is 1. The number of benzene rings is 1. The third kappa shape index (κ3) is 4.55. The van der Waals surface area contributed by atoms with Gasteiger partial charge in [0.25, 0.3) is 0 Å². The highest BCUT2D eigenvalue weighted by molar-refractivity contribution is 9.10. The molecule has 0 radical (unpaired) electrons. The monoisotopic (exact) mass is 329 g/mol. The molecule has 1 unspecified atom stereocenters. The number of nitrogens with zero attached hydrogens (tertiary/aromatic N) is 1. The summed E-state index contributed by atoms with van der Waals surface area (Å²) in [6, 6.07) is 4.20. The largest absolute Gasteiger partial charge is 0.415 e. The Morgan fingerprint density at radius 2 is 2.00 bits per heavy atom. The van der Waals surface area contributed by atoms with Crippen molar-refractivity contribution in [2.75, 3.05) is 13.6 Å². The summed E-state index contributed by atoms with van der Waals surface area (Å²) in [4.78, 5) is 1.32. The Morgan fingerprint density at radius 1 is 1.39 bits per heavy atom. The van der Waals surface area contributed by atoms with E-state index in [2.05, 4.69) is 15.9 Å². The molecule has 7 heteroatoms. The lowest BCUT2D eigenvalue weighted by Gasteiger charge is -2.22. The summed E-state index contributed by atoms with van der Waals surface area (Å²) in [6.45, 7) is -0.343. The molecule has 0 saturated carbocycles. The Kier molecular flexibility index (Phi) is 5.12. The maximum absolute atomic E-state index is 13.0. The van der Waals surface area contributed by atoms with E-state index >= 15 is 0 Å². The lowest BCUT2D eigenvalue weighted by Crippen LogP contribution is -2.39. The quantitative estimate of drug-likeness (QED) is 0.858. The molecular formula is C11H12BrF4NO. The first kappa shape index (κ1) is 15.4. The fourth-order valence-corrected chi connectivity index (χ4v) is 1.84. The standard InChI is InChI=1S/C11H12BrF4NO/c1-17(6-10(18)11(14,15)16)5-7-2-3-9(13)8(12)4-7/h2-4,10,18H,5-6H2,1H3. The lowest BCUT2D eigenvalue weighted by molar-refractivity contribution is -0.207. The van der Waals surface area contributed by atoms with Crippen LogP contribution in [0.4, 0.5) is 17.6 Å².